The molecule has 0 radical (unpaired) electrons. The van der Waals surface area contributed by atoms with Crippen molar-refractivity contribution in [3.05, 3.63) is 54.1 Å². The lowest BCUT2D eigenvalue weighted by molar-refractivity contribution is 0.281. The Kier molecular flexibility index (Phi) is 8.92. The van der Waals surface area contributed by atoms with Crippen LogP contribution in [0.1, 0.15) is 25.3 Å². The van der Waals surface area contributed by atoms with Gasteiger partial charge in [-0.3, -0.25) is 0 Å². The molecule has 3 rings (SSSR count). The molecular formula is C21H29IN4O3S. The van der Waals surface area contributed by atoms with Crippen molar-refractivity contribution in [1.29, 1.82) is 0 Å². The molecule has 1 aliphatic heterocycles. The number of sulfonamides is 1. The first-order chi connectivity index (χ1) is 13.9. The van der Waals surface area contributed by atoms with Gasteiger partial charge in [0.2, 0.25) is 10.0 Å². The highest BCUT2D eigenvalue weighted by molar-refractivity contribution is 14.0. The molecule has 0 spiro atoms. The largest absolute Gasteiger partial charge is 0.497 e. The predicted molar refractivity (Wildman–Crippen MR) is 131 cm³/mol. The predicted octanol–water partition coefficient (Wildman–Crippen LogP) is 3.66. The molecule has 2 aromatic carbocycles. The first kappa shape index (κ1) is 24.4. The van der Waals surface area contributed by atoms with Crippen molar-refractivity contribution < 1.29 is 13.2 Å². The zero-order valence-electron chi connectivity index (χ0n) is 17.2. The summed E-state index contributed by atoms with van der Waals surface area (Å²) in [6, 6.07) is 14.2. The molecule has 3 N–H and O–H groups in total. The maximum Gasteiger partial charge on any atom is 0.243 e. The number of guanidine groups is 1. The third-order valence-corrected chi connectivity index (χ3v) is 6.85. The number of methoxy groups -OCH3 is 1. The lowest BCUT2D eigenvalue weighted by Gasteiger charge is -2.30. The molecule has 0 saturated carbocycles. The molecule has 1 unspecified atom stereocenters. The van der Waals surface area contributed by atoms with Crippen LogP contribution in [0.3, 0.4) is 0 Å². The number of halogens is 1. The number of nitrogens with two attached hydrogens (primary N) is 1. The average Bonchev–Trinajstić information content (AvgIpc) is 2.73. The maximum absolute atomic E-state index is 12.8. The molecule has 0 amide bonds. The number of aliphatic imine (C=N–C) groups is 1. The molecule has 1 saturated heterocycles. The monoisotopic (exact) mass is 544 g/mol. The Balaban J connectivity index is 0.00000320. The summed E-state index contributed by atoms with van der Waals surface area (Å²) in [5.74, 6) is 1.45. The topological polar surface area (TPSA) is 97.0 Å². The number of benzene rings is 2. The molecule has 0 aliphatic carbocycles. The van der Waals surface area contributed by atoms with Crippen LogP contribution in [0.2, 0.25) is 0 Å². The minimum atomic E-state index is -3.44. The quantitative estimate of drug-likeness (QED) is 0.329. The van der Waals surface area contributed by atoms with Gasteiger partial charge in [-0.1, -0.05) is 19.1 Å². The van der Waals surface area contributed by atoms with E-state index in [4.69, 9.17) is 10.5 Å². The summed E-state index contributed by atoms with van der Waals surface area (Å²) in [6.45, 7) is 3.62. The van der Waals surface area contributed by atoms with E-state index in [0.717, 1.165) is 29.8 Å². The first-order valence-corrected chi connectivity index (χ1v) is 11.1. The Morgan fingerprint density at radius 2 is 1.87 bits per heavy atom. The lowest BCUT2D eigenvalue weighted by atomic mass is 10.0. The number of anilines is 1. The van der Waals surface area contributed by atoms with E-state index in [1.807, 2.05) is 24.3 Å². The summed E-state index contributed by atoms with van der Waals surface area (Å²) in [7, 11) is -1.83. The molecule has 164 valence electrons. The second-order valence-electron chi connectivity index (χ2n) is 7.31. The standard InChI is InChI=1S/C21H28N4O3S.HI/c1-16-4-3-13-25(15-16)29(26,27)20-11-5-17(6-12-20)14-23-21(22)24-18-7-9-19(28-2)10-8-18;/h5-12,16H,3-4,13-15H2,1-2H3,(H3,22,23,24);1H. The van der Waals surface area contributed by atoms with Crippen LogP contribution >= 0.6 is 24.0 Å². The SMILES string of the molecule is COc1ccc(NC(N)=NCc2ccc(S(=O)(=O)N3CCCC(C)C3)cc2)cc1.I. The van der Waals surface area contributed by atoms with E-state index in [0.29, 0.717) is 30.4 Å². The van der Waals surface area contributed by atoms with Gasteiger partial charge in [0.15, 0.2) is 5.96 Å². The summed E-state index contributed by atoms with van der Waals surface area (Å²) in [4.78, 5) is 4.64. The Hall–Kier alpha value is -1.85. The lowest BCUT2D eigenvalue weighted by Crippen LogP contribution is -2.39. The Morgan fingerprint density at radius 3 is 2.47 bits per heavy atom. The van der Waals surface area contributed by atoms with Crippen LogP contribution in [-0.2, 0) is 16.6 Å². The van der Waals surface area contributed by atoms with E-state index < -0.39 is 10.0 Å². The smallest absolute Gasteiger partial charge is 0.243 e. The molecule has 1 atom stereocenters. The van der Waals surface area contributed by atoms with Crippen LogP contribution in [0.25, 0.3) is 0 Å². The van der Waals surface area contributed by atoms with Gasteiger partial charge in [0.1, 0.15) is 5.75 Å². The molecule has 0 aromatic heterocycles. The van der Waals surface area contributed by atoms with Gasteiger partial charge < -0.3 is 15.8 Å². The van der Waals surface area contributed by atoms with Gasteiger partial charge in [-0.05, 0) is 60.7 Å². The highest BCUT2D eigenvalue weighted by Gasteiger charge is 2.28. The summed E-state index contributed by atoms with van der Waals surface area (Å²) in [6.07, 6.45) is 1.99. The van der Waals surface area contributed by atoms with Crippen molar-refractivity contribution in [3.63, 3.8) is 0 Å². The number of piperidine rings is 1. The minimum absolute atomic E-state index is 0. The number of nitrogens with zero attached hydrogens (tertiary/aromatic N) is 2. The fourth-order valence-corrected chi connectivity index (χ4v) is 4.92. The molecule has 2 aromatic rings. The van der Waals surface area contributed by atoms with E-state index >= 15 is 0 Å². The third kappa shape index (κ3) is 6.32. The number of hydrogen-bond donors (Lipinski definition) is 2. The highest BCUT2D eigenvalue weighted by atomic mass is 127. The Bertz CT molecular complexity index is 947. The van der Waals surface area contributed by atoms with Crippen LogP contribution in [0.5, 0.6) is 5.75 Å². The van der Waals surface area contributed by atoms with Gasteiger partial charge in [-0.15, -0.1) is 24.0 Å². The van der Waals surface area contributed by atoms with E-state index in [1.165, 1.54) is 0 Å². The second kappa shape index (κ2) is 11.0. The fraction of sp³-hybridized carbons (Fsp3) is 0.381. The molecule has 1 fully saturated rings. The van der Waals surface area contributed by atoms with Crippen LogP contribution < -0.4 is 15.8 Å². The summed E-state index contributed by atoms with van der Waals surface area (Å²) in [5, 5.41) is 3.02. The van der Waals surface area contributed by atoms with Gasteiger partial charge in [0, 0.05) is 18.8 Å². The van der Waals surface area contributed by atoms with Gasteiger partial charge in [-0.2, -0.15) is 4.31 Å². The number of ether oxygens (including phenoxy) is 1. The van der Waals surface area contributed by atoms with Crippen LogP contribution in [0.15, 0.2) is 58.4 Å². The Morgan fingerprint density at radius 1 is 1.20 bits per heavy atom. The van der Waals surface area contributed by atoms with Crippen molar-refractivity contribution in [3.8, 4) is 5.75 Å². The van der Waals surface area contributed by atoms with Crippen LogP contribution in [0, 0.1) is 5.92 Å². The summed E-state index contributed by atoms with van der Waals surface area (Å²) >= 11 is 0. The fourth-order valence-electron chi connectivity index (χ4n) is 3.32. The number of hydrogen-bond acceptors (Lipinski definition) is 4. The summed E-state index contributed by atoms with van der Waals surface area (Å²) < 4.78 is 32.3. The first-order valence-electron chi connectivity index (χ1n) is 9.68. The van der Waals surface area contributed by atoms with E-state index in [-0.39, 0.29) is 29.9 Å². The minimum Gasteiger partial charge on any atom is -0.497 e. The van der Waals surface area contributed by atoms with Crippen LogP contribution in [0.4, 0.5) is 5.69 Å². The zero-order chi connectivity index (χ0) is 20.9. The van der Waals surface area contributed by atoms with Gasteiger partial charge in [0.05, 0.1) is 18.6 Å². The molecule has 1 heterocycles. The molecule has 7 nitrogen and oxygen atoms in total. The van der Waals surface area contributed by atoms with Crippen molar-refractivity contribution in [2.24, 2.45) is 16.6 Å². The van der Waals surface area contributed by atoms with E-state index in [9.17, 15) is 8.42 Å². The maximum atomic E-state index is 12.8. The van der Waals surface area contributed by atoms with Crippen molar-refractivity contribution >= 4 is 45.6 Å². The second-order valence-corrected chi connectivity index (χ2v) is 9.25. The third-order valence-electron chi connectivity index (χ3n) is 4.98. The molecule has 0 bridgehead atoms. The van der Waals surface area contributed by atoms with Crippen molar-refractivity contribution in [1.82, 2.24) is 4.31 Å². The van der Waals surface area contributed by atoms with Crippen molar-refractivity contribution in [2.75, 3.05) is 25.5 Å². The van der Waals surface area contributed by atoms with Gasteiger partial charge in [0.25, 0.3) is 0 Å². The molecule has 1 aliphatic rings. The van der Waals surface area contributed by atoms with Gasteiger partial charge in [-0.25, -0.2) is 13.4 Å². The molecule has 30 heavy (non-hydrogen) atoms. The number of nitrogens with one attached hydrogen (secondary N) is 1. The van der Waals surface area contributed by atoms with Gasteiger partial charge >= 0.3 is 0 Å². The molecular weight excluding hydrogens is 515 g/mol. The van der Waals surface area contributed by atoms with Crippen molar-refractivity contribution in [2.45, 2.75) is 31.2 Å². The average molecular weight is 544 g/mol. The normalized spacial score (nSPS) is 17.8. The Labute approximate surface area is 195 Å². The van der Waals surface area contributed by atoms with Crippen LogP contribution in [-0.4, -0.2) is 38.9 Å². The highest BCUT2D eigenvalue weighted by Crippen LogP contribution is 2.23. The van der Waals surface area contributed by atoms with E-state index in [1.54, 1.807) is 35.7 Å². The molecule has 9 heteroatoms. The summed E-state index contributed by atoms with van der Waals surface area (Å²) in [5.41, 5.74) is 7.63. The van der Waals surface area contributed by atoms with E-state index in [2.05, 4.69) is 17.2 Å². The number of rotatable bonds is 6. The zero-order valence-corrected chi connectivity index (χ0v) is 20.4.